The predicted molar refractivity (Wildman–Crippen MR) is 43.5 cm³/mol. The molecule has 0 aliphatic heterocycles. The fraction of sp³-hybridized carbons (Fsp3) is 0.200. The Balaban J connectivity index is 2.54. The highest BCUT2D eigenvalue weighted by molar-refractivity contribution is 5.52. The van der Waals surface area contributed by atoms with Gasteiger partial charge in [0, 0.05) is 11.8 Å². The van der Waals surface area contributed by atoms with Crippen LogP contribution < -0.4 is 0 Å². The van der Waals surface area contributed by atoms with Gasteiger partial charge in [-0.25, -0.2) is 0 Å². The Labute approximate surface area is 70.7 Å². The van der Waals surface area contributed by atoms with Crippen LogP contribution in [0.5, 0.6) is 0 Å². The van der Waals surface area contributed by atoms with Crippen LogP contribution in [0.25, 0.3) is 0 Å². The molecule has 0 aromatic carbocycles. The summed E-state index contributed by atoms with van der Waals surface area (Å²) in [5.41, 5.74) is 1.24. The SMILES string of the molecule is N#CC1=C(C#N)C2C=CC1C=C2. The minimum absolute atomic E-state index is 0.0506. The Morgan fingerprint density at radius 2 is 1.17 bits per heavy atom. The Morgan fingerprint density at radius 3 is 1.42 bits per heavy atom. The molecule has 0 unspecified atom stereocenters. The van der Waals surface area contributed by atoms with Gasteiger partial charge in [-0.05, 0) is 0 Å². The molecule has 0 saturated carbocycles. The van der Waals surface area contributed by atoms with Crippen molar-refractivity contribution in [1.82, 2.24) is 0 Å². The molecule has 12 heavy (non-hydrogen) atoms. The molecule has 3 aliphatic carbocycles. The zero-order chi connectivity index (χ0) is 8.55. The molecule has 2 heteroatoms. The zero-order valence-corrected chi connectivity index (χ0v) is 6.36. The van der Waals surface area contributed by atoms with Crippen LogP contribution in [0.3, 0.4) is 0 Å². The smallest absolute Gasteiger partial charge is 0.0967 e. The Kier molecular flexibility index (Phi) is 1.35. The molecule has 0 aromatic rings. The maximum atomic E-state index is 8.79. The van der Waals surface area contributed by atoms with Gasteiger partial charge < -0.3 is 0 Å². The molecule has 3 rings (SSSR count). The lowest BCUT2D eigenvalue weighted by atomic mass is 9.77. The first-order chi connectivity index (χ1) is 5.86. The Bertz CT molecular complexity index is 335. The third-order valence-corrected chi connectivity index (χ3v) is 2.25. The first-order valence-corrected chi connectivity index (χ1v) is 3.77. The van der Waals surface area contributed by atoms with E-state index in [4.69, 9.17) is 10.5 Å². The standard InChI is InChI=1S/C10H6N2/c11-5-9-7-1-2-8(4-3-7)10(9)6-12/h1-4,7-8H. The van der Waals surface area contributed by atoms with Gasteiger partial charge >= 0.3 is 0 Å². The Morgan fingerprint density at radius 1 is 0.833 bits per heavy atom. The van der Waals surface area contributed by atoms with E-state index < -0.39 is 0 Å². The van der Waals surface area contributed by atoms with Gasteiger partial charge in [-0.1, -0.05) is 24.3 Å². The lowest BCUT2D eigenvalue weighted by Gasteiger charge is -2.23. The summed E-state index contributed by atoms with van der Waals surface area (Å²) in [5, 5.41) is 17.6. The average molecular weight is 154 g/mol. The fourth-order valence-corrected chi connectivity index (χ4v) is 1.62. The van der Waals surface area contributed by atoms with Crippen LogP contribution in [0.15, 0.2) is 35.5 Å². The van der Waals surface area contributed by atoms with Gasteiger partial charge in [0.2, 0.25) is 0 Å². The van der Waals surface area contributed by atoms with E-state index in [0.717, 1.165) is 0 Å². The third-order valence-electron chi connectivity index (χ3n) is 2.25. The largest absolute Gasteiger partial charge is 0.193 e. The van der Waals surface area contributed by atoms with Crippen molar-refractivity contribution in [2.75, 3.05) is 0 Å². The maximum Gasteiger partial charge on any atom is 0.0967 e. The molecule has 0 fully saturated rings. The van der Waals surface area contributed by atoms with Crippen molar-refractivity contribution < 1.29 is 0 Å². The average Bonchev–Trinajstić information content (AvgIpc) is 2.18. The van der Waals surface area contributed by atoms with Crippen molar-refractivity contribution in [3.63, 3.8) is 0 Å². The van der Waals surface area contributed by atoms with Gasteiger partial charge in [0.15, 0.2) is 0 Å². The molecule has 2 bridgehead atoms. The van der Waals surface area contributed by atoms with E-state index in [2.05, 4.69) is 12.1 Å². The van der Waals surface area contributed by atoms with Gasteiger partial charge in [0.1, 0.15) is 0 Å². The molecule has 3 aliphatic rings. The van der Waals surface area contributed by atoms with E-state index in [1.54, 1.807) is 0 Å². The summed E-state index contributed by atoms with van der Waals surface area (Å²) in [4.78, 5) is 0. The molecular weight excluding hydrogens is 148 g/mol. The lowest BCUT2D eigenvalue weighted by Crippen LogP contribution is -2.15. The molecule has 2 nitrogen and oxygen atoms in total. The third kappa shape index (κ3) is 0.726. The van der Waals surface area contributed by atoms with E-state index in [9.17, 15) is 0 Å². The summed E-state index contributed by atoms with van der Waals surface area (Å²) in [6.45, 7) is 0. The van der Waals surface area contributed by atoms with Gasteiger partial charge in [-0.15, -0.1) is 0 Å². The fourth-order valence-electron chi connectivity index (χ4n) is 1.62. The van der Waals surface area contributed by atoms with Gasteiger partial charge in [0.25, 0.3) is 0 Å². The molecule has 0 heterocycles. The second-order valence-corrected chi connectivity index (χ2v) is 2.87. The topological polar surface area (TPSA) is 47.6 Å². The van der Waals surface area contributed by atoms with Crippen molar-refractivity contribution >= 4 is 0 Å². The highest BCUT2D eigenvalue weighted by Crippen LogP contribution is 2.34. The van der Waals surface area contributed by atoms with E-state index in [-0.39, 0.29) is 11.8 Å². The summed E-state index contributed by atoms with van der Waals surface area (Å²) < 4.78 is 0. The monoisotopic (exact) mass is 154 g/mol. The number of rotatable bonds is 0. The molecule has 0 aromatic heterocycles. The summed E-state index contributed by atoms with van der Waals surface area (Å²) in [6.07, 6.45) is 7.90. The molecule has 0 amide bonds. The van der Waals surface area contributed by atoms with Crippen molar-refractivity contribution in [3.8, 4) is 12.1 Å². The normalized spacial score (nSPS) is 30.2. The first-order valence-electron chi connectivity index (χ1n) is 3.77. The van der Waals surface area contributed by atoms with E-state index in [1.807, 2.05) is 24.3 Å². The van der Waals surface area contributed by atoms with Crippen LogP contribution in [0.1, 0.15) is 0 Å². The first kappa shape index (κ1) is 6.88. The minimum atomic E-state index is 0.0506. The number of allylic oxidation sites excluding steroid dienone is 6. The molecule has 0 saturated heterocycles. The van der Waals surface area contributed by atoms with Crippen molar-refractivity contribution in [1.29, 1.82) is 10.5 Å². The number of hydrogen-bond donors (Lipinski definition) is 0. The van der Waals surface area contributed by atoms with Crippen LogP contribution in [0.2, 0.25) is 0 Å². The van der Waals surface area contributed by atoms with Crippen LogP contribution in [0.4, 0.5) is 0 Å². The minimum Gasteiger partial charge on any atom is -0.193 e. The van der Waals surface area contributed by atoms with E-state index in [0.29, 0.717) is 11.1 Å². The van der Waals surface area contributed by atoms with E-state index >= 15 is 0 Å². The van der Waals surface area contributed by atoms with Crippen LogP contribution in [-0.2, 0) is 0 Å². The lowest BCUT2D eigenvalue weighted by molar-refractivity contribution is 0.815. The Hall–Kier alpha value is -1.80. The van der Waals surface area contributed by atoms with Crippen LogP contribution >= 0.6 is 0 Å². The summed E-state index contributed by atoms with van der Waals surface area (Å²) >= 11 is 0. The van der Waals surface area contributed by atoms with Gasteiger partial charge in [-0.2, -0.15) is 10.5 Å². The highest BCUT2D eigenvalue weighted by Gasteiger charge is 2.26. The quantitative estimate of drug-likeness (QED) is 0.498. The molecule has 0 N–H and O–H groups in total. The van der Waals surface area contributed by atoms with Crippen molar-refractivity contribution in [2.45, 2.75) is 0 Å². The molecule has 0 radical (unpaired) electrons. The van der Waals surface area contributed by atoms with Gasteiger partial charge in [0.05, 0.1) is 23.3 Å². The molecule has 0 spiro atoms. The van der Waals surface area contributed by atoms with Gasteiger partial charge in [-0.3, -0.25) is 0 Å². The summed E-state index contributed by atoms with van der Waals surface area (Å²) in [7, 11) is 0. The second-order valence-electron chi connectivity index (χ2n) is 2.87. The van der Waals surface area contributed by atoms with Crippen LogP contribution in [-0.4, -0.2) is 0 Å². The second kappa shape index (κ2) is 2.36. The number of nitrogens with zero attached hydrogens (tertiary/aromatic N) is 2. The number of hydrogen-bond acceptors (Lipinski definition) is 2. The van der Waals surface area contributed by atoms with Crippen molar-refractivity contribution in [2.24, 2.45) is 11.8 Å². The van der Waals surface area contributed by atoms with Crippen molar-refractivity contribution in [3.05, 3.63) is 35.5 Å². The van der Waals surface area contributed by atoms with Crippen LogP contribution in [0, 0.1) is 34.5 Å². The summed E-state index contributed by atoms with van der Waals surface area (Å²) in [6, 6.07) is 4.18. The predicted octanol–water partition coefficient (Wildman–Crippen LogP) is 1.70. The summed E-state index contributed by atoms with van der Waals surface area (Å²) in [5.74, 6) is 0.101. The molecule has 56 valence electrons. The molecular formula is C10H6N2. The highest BCUT2D eigenvalue weighted by atomic mass is 14.4. The van der Waals surface area contributed by atoms with E-state index in [1.165, 1.54) is 0 Å². The number of nitriles is 2. The zero-order valence-electron chi connectivity index (χ0n) is 6.36. The maximum absolute atomic E-state index is 8.79. The molecule has 0 atom stereocenters.